The maximum absolute atomic E-state index is 13.1. The highest BCUT2D eigenvalue weighted by molar-refractivity contribution is 7.99. The molecule has 2 aromatic rings. The molecule has 0 aliphatic heterocycles. The summed E-state index contributed by atoms with van der Waals surface area (Å²) in [5.74, 6) is -1.38. The largest absolute Gasteiger partial charge is 0.481 e. The monoisotopic (exact) mass is 262 g/mol. The van der Waals surface area contributed by atoms with Crippen LogP contribution in [0.2, 0.25) is 0 Å². The Morgan fingerprint density at radius 1 is 1.17 bits per heavy atom. The van der Waals surface area contributed by atoms with Gasteiger partial charge < -0.3 is 5.11 Å². The Labute approximate surface area is 108 Å². The molecule has 0 aliphatic carbocycles. The molecule has 18 heavy (non-hydrogen) atoms. The molecule has 0 fully saturated rings. The van der Waals surface area contributed by atoms with E-state index in [2.05, 4.69) is 0 Å². The molecule has 0 atom stereocenters. The van der Waals surface area contributed by atoms with Crippen LogP contribution in [0.1, 0.15) is 5.56 Å². The van der Waals surface area contributed by atoms with E-state index in [-0.39, 0.29) is 6.42 Å². The number of benzene rings is 2. The van der Waals surface area contributed by atoms with Gasteiger partial charge in [-0.3, -0.25) is 4.79 Å². The van der Waals surface area contributed by atoms with Gasteiger partial charge in [-0.25, -0.2) is 4.39 Å². The third-order valence-corrected chi connectivity index (χ3v) is 3.46. The molecule has 0 radical (unpaired) electrons. The van der Waals surface area contributed by atoms with Crippen LogP contribution in [0.15, 0.2) is 58.3 Å². The lowest BCUT2D eigenvalue weighted by molar-refractivity contribution is -0.136. The Bertz CT molecular complexity index is 555. The number of carbonyl (C=O) groups is 1. The first-order valence-corrected chi connectivity index (χ1v) is 6.20. The van der Waals surface area contributed by atoms with E-state index >= 15 is 0 Å². The van der Waals surface area contributed by atoms with Gasteiger partial charge in [-0.15, -0.1) is 0 Å². The van der Waals surface area contributed by atoms with E-state index in [9.17, 15) is 9.18 Å². The zero-order valence-corrected chi connectivity index (χ0v) is 10.3. The van der Waals surface area contributed by atoms with Crippen molar-refractivity contribution in [2.75, 3.05) is 0 Å². The average molecular weight is 262 g/mol. The lowest BCUT2D eigenvalue weighted by atomic mass is 10.1. The number of carboxylic acids is 1. The van der Waals surface area contributed by atoms with Crippen LogP contribution in [-0.2, 0) is 11.2 Å². The second kappa shape index (κ2) is 5.69. The molecule has 4 heteroatoms. The third kappa shape index (κ3) is 3.34. The number of halogens is 1. The molecule has 2 aromatic carbocycles. The summed E-state index contributed by atoms with van der Waals surface area (Å²) in [6.45, 7) is 0. The molecule has 0 saturated carbocycles. The molecule has 0 aromatic heterocycles. The fourth-order valence-corrected chi connectivity index (χ4v) is 2.51. The number of hydrogen-bond donors (Lipinski definition) is 1. The minimum atomic E-state index is -0.962. The number of rotatable bonds is 4. The van der Waals surface area contributed by atoms with Crippen molar-refractivity contribution in [2.24, 2.45) is 0 Å². The maximum Gasteiger partial charge on any atom is 0.307 e. The van der Waals surface area contributed by atoms with Gasteiger partial charge in [-0.2, -0.15) is 0 Å². The Kier molecular flexibility index (Phi) is 3.99. The molecule has 0 saturated heterocycles. The Hall–Kier alpha value is -1.81. The third-order valence-electron chi connectivity index (χ3n) is 2.34. The molecule has 92 valence electrons. The second-order valence-electron chi connectivity index (χ2n) is 3.74. The van der Waals surface area contributed by atoms with Crippen molar-refractivity contribution in [3.05, 3.63) is 59.9 Å². The number of hydrogen-bond acceptors (Lipinski definition) is 2. The average Bonchev–Trinajstić information content (AvgIpc) is 2.33. The van der Waals surface area contributed by atoms with Crippen LogP contribution in [0.4, 0.5) is 4.39 Å². The summed E-state index contributed by atoms with van der Waals surface area (Å²) in [5.41, 5.74) is 0.497. The highest BCUT2D eigenvalue weighted by Crippen LogP contribution is 2.31. The SMILES string of the molecule is O=C(O)Cc1cc(F)ccc1Sc1ccccc1. The molecule has 0 amide bonds. The molecule has 0 heterocycles. The van der Waals surface area contributed by atoms with E-state index in [1.165, 1.54) is 23.9 Å². The molecular weight excluding hydrogens is 251 g/mol. The quantitative estimate of drug-likeness (QED) is 0.914. The molecular formula is C14H11FO2S. The smallest absolute Gasteiger partial charge is 0.307 e. The Morgan fingerprint density at radius 3 is 2.56 bits per heavy atom. The van der Waals surface area contributed by atoms with Gasteiger partial charge in [0.15, 0.2) is 0 Å². The first kappa shape index (κ1) is 12.6. The Balaban J connectivity index is 2.29. The van der Waals surface area contributed by atoms with Crippen LogP contribution in [0.25, 0.3) is 0 Å². The van der Waals surface area contributed by atoms with E-state index < -0.39 is 11.8 Å². The zero-order valence-electron chi connectivity index (χ0n) is 9.47. The van der Waals surface area contributed by atoms with Crippen LogP contribution in [0.3, 0.4) is 0 Å². The number of carboxylic acid groups (broad SMARTS) is 1. The van der Waals surface area contributed by atoms with Gasteiger partial charge in [0, 0.05) is 9.79 Å². The molecule has 0 aliphatic rings. The topological polar surface area (TPSA) is 37.3 Å². The molecule has 1 N–H and O–H groups in total. The van der Waals surface area contributed by atoms with Gasteiger partial charge in [0.05, 0.1) is 6.42 Å². The van der Waals surface area contributed by atoms with E-state index in [1.54, 1.807) is 6.07 Å². The molecule has 0 spiro atoms. The normalized spacial score (nSPS) is 10.3. The lowest BCUT2D eigenvalue weighted by Crippen LogP contribution is -2.02. The standard InChI is InChI=1S/C14H11FO2S/c15-11-6-7-13(10(8-11)9-14(16)17)18-12-4-2-1-3-5-12/h1-8H,9H2,(H,16,17). The minimum absolute atomic E-state index is 0.174. The van der Waals surface area contributed by atoms with Crippen molar-refractivity contribution >= 4 is 17.7 Å². The van der Waals surface area contributed by atoms with Crippen molar-refractivity contribution in [1.29, 1.82) is 0 Å². The van der Waals surface area contributed by atoms with E-state index in [0.717, 1.165) is 9.79 Å². The van der Waals surface area contributed by atoms with Crippen LogP contribution < -0.4 is 0 Å². The van der Waals surface area contributed by atoms with Crippen LogP contribution >= 0.6 is 11.8 Å². The van der Waals surface area contributed by atoms with Gasteiger partial charge in [0.1, 0.15) is 5.82 Å². The maximum atomic E-state index is 13.1. The van der Waals surface area contributed by atoms with E-state index in [0.29, 0.717) is 5.56 Å². The van der Waals surface area contributed by atoms with Gasteiger partial charge in [-0.05, 0) is 35.9 Å². The lowest BCUT2D eigenvalue weighted by Gasteiger charge is -2.07. The van der Waals surface area contributed by atoms with Gasteiger partial charge in [0.2, 0.25) is 0 Å². The summed E-state index contributed by atoms with van der Waals surface area (Å²) < 4.78 is 13.1. The summed E-state index contributed by atoms with van der Waals surface area (Å²) >= 11 is 1.43. The highest BCUT2D eigenvalue weighted by Gasteiger charge is 2.09. The van der Waals surface area contributed by atoms with Crippen molar-refractivity contribution in [2.45, 2.75) is 16.2 Å². The summed E-state index contributed by atoms with van der Waals surface area (Å²) in [7, 11) is 0. The van der Waals surface area contributed by atoms with E-state index in [4.69, 9.17) is 5.11 Å². The fraction of sp³-hybridized carbons (Fsp3) is 0.0714. The van der Waals surface area contributed by atoms with Gasteiger partial charge in [-0.1, -0.05) is 30.0 Å². The van der Waals surface area contributed by atoms with Crippen LogP contribution in [-0.4, -0.2) is 11.1 Å². The van der Waals surface area contributed by atoms with Crippen molar-refractivity contribution in [3.63, 3.8) is 0 Å². The van der Waals surface area contributed by atoms with E-state index in [1.807, 2.05) is 30.3 Å². The minimum Gasteiger partial charge on any atom is -0.481 e. The summed E-state index contributed by atoms with van der Waals surface area (Å²) in [6, 6.07) is 13.8. The summed E-state index contributed by atoms with van der Waals surface area (Å²) in [6.07, 6.45) is -0.174. The Morgan fingerprint density at radius 2 is 1.89 bits per heavy atom. The summed E-state index contributed by atoms with van der Waals surface area (Å²) in [5, 5.41) is 8.82. The second-order valence-corrected chi connectivity index (χ2v) is 4.85. The van der Waals surface area contributed by atoms with Gasteiger partial charge in [0.25, 0.3) is 0 Å². The van der Waals surface area contributed by atoms with Crippen molar-refractivity contribution in [1.82, 2.24) is 0 Å². The first-order chi connectivity index (χ1) is 8.65. The van der Waals surface area contributed by atoms with Crippen molar-refractivity contribution < 1.29 is 14.3 Å². The first-order valence-electron chi connectivity index (χ1n) is 5.38. The predicted octanol–water partition coefficient (Wildman–Crippen LogP) is 3.60. The zero-order chi connectivity index (χ0) is 13.0. The van der Waals surface area contributed by atoms with Crippen LogP contribution in [0.5, 0.6) is 0 Å². The summed E-state index contributed by atoms with van der Waals surface area (Å²) in [4.78, 5) is 12.5. The molecule has 0 unspecified atom stereocenters. The molecule has 2 nitrogen and oxygen atoms in total. The number of aliphatic carboxylic acids is 1. The van der Waals surface area contributed by atoms with Crippen molar-refractivity contribution in [3.8, 4) is 0 Å². The van der Waals surface area contributed by atoms with Crippen LogP contribution in [0, 0.1) is 5.82 Å². The molecule has 0 bridgehead atoms. The fourth-order valence-electron chi connectivity index (χ4n) is 1.56. The van der Waals surface area contributed by atoms with Gasteiger partial charge >= 0.3 is 5.97 Å². The molecule has 2 rings (SSSR count). The predicted molar refractivity (Wildman–Crippen MR) is 68.3 cm³/mol. The highest BCUT2D eigenvalue weighted by atomic mass is 32.2.